The highest BCUT2D eigenvalue weighted by Crippen LogP contribution is 2.35. The molecule has 5 nitrogen and oxygen atoms in total. The fourth-order valence-electron chi connectivity index (χ4n) is 3.59. The molecule has 31 heavy (non-hydrogen) atoms. The third-order valence-corrected chi connectivity index (χ3v) is 6.87. The van der Waals surface area contributed by atoms with Gasteiger partial charge in [-0.05, 0) is 50.2 Å². The summed E-state index contributed by atoms with van der Waals surface area (Å²) in [6.07, 6.45) is 0. The number of hydrogen-bond donors (Lipinski definition) is 2. The quantitative estimate of drug-likeness (QED) is 0.364. The monoisotopic (exact) mass is 469 g/mol. The van der Waals surface area contributed by atoms with Gasteiger partial charge in [0.25, 0.3) is 5.56 Å². The summed E-state index contributed by atoms with van der Waals surface area (Å²) in [5.74, 6) is -0.941. The number of nitrogens with one attached hydrogen (secondary N) is 2. The van der Waals surface area contributed by atoms with Crippen LogP contribution < -0.4 is 11.0 Å². The molecular weight excluding hydrogens is 450 g/mol. The molecule has 0 radical (unpaired) electrons. The minimum atomic E-state index is -0.567. The number of rotatable bonds is 4. The number of benzene rings is 2. The van der Waals surface area contributed by atoms with Crippen molar-refractivity contribution in [2.75, 3.05) is 5.43 Å². The van der Waals surface area contributed by atoms with Crippen molar-refractivity contribution in [2.24, 2.45) is 0 Å². The Hall–Kier alpha value is -2.74. The second-order valence-electron chi connectivity index (χ2n) is 7.40. The average Bonchev–Trinajstić information content (AvgIpc) is 3.08. The Morgan fingerprint density at radius 3 is 2.61 bits per heavy atom. The number of thiophene rings is 1. The van der Waals surface area contributed by atoms with Crippen molar-refractivity contribution in [3.05, 3.63) is 84.7 Å². The molecule has 0 fully saturated rings. The highest BCUT2D eigenvalue weighted by atomic mass is 35.5. The second-order valence-corrected chi connectivity index (χ2v) is 9.42. The van der Waals surface area contributed by atoms with Crippen LogP contribution in [0.5, 0.6) is 0 Å². The molecule has 0 spiro atoms. The SMILES string of the molecule is Cc1ccc(Cl)c([C@@H](C)C(=O)Nn2c(=S)[nH]c3sc(C)c(-c4ccccc4)c3c2=O)c1. The van der Waals surface area contributed by atoms with E-state index in [2.05, 4.69) is 10.4 Å². The van der Waals surface area contributed by atoms with E-state index in [1.165, 1.54) is 11.3 Å². The van der Waals surface area contributed by atoms with Crippen LogP contribution in [0, 0.1) is 18.6 Å². The lowest BCUT2D eigenvalue weighted by Gasteiger charge is -2.16. The molecule has 2 aromatic heterocycles. The molecule has 0 unspecified atom stereocenters. The van der Waals surface area contributed by atoms with Gasteiger partial charge in [0.1, 0.15) is 4.83 Å². The van der Waals surface area contributed by atoms with Gasteiger partial charge >= 0.3 is 0 Å². The Kier molecular flexibility index (Phi) is 5.83. The van der Waals surface area contributed by atoms with E-state index in [0.29, 0.717) is 20.8 Å². The van der Waals surface area contributed by atoms with Crippen LogP contribution in [0.2, 0.25) is 5.02 Å². The highest BCUT2D eigenvalue weighted by Gasteiger charge is 2.22. The molecule has 0 saturated heterocycles. The first kappa shape index (κ1) is 21.5. The van der Waals surface area contributed by atoms with E-state index in [9.17, 15) is 9.59 Å². The van der Waals surface area contributed by atoms with Crippen LogP contribution in [-0.4, -0.2) is 15.6 Å². The number of carbonyl (C=O) groups excluding carboxylic acids is 1. The van der Waals surface area contributed by atoms with Crippen molar-refractivity contribution < 1.29 is 4.79 Å². The van der Waals surface area contributed by atoms with E-state index >= 15 is 0 Å². The Bertz CT molecular complexity index is 1420. The van der Waals surface area contributed by atoms with Crippen LogP contribution >= 0.6 is 35.2 Å². The third-order valence-electron chi connectivity index (χ3n) is 5.22. The topological polar surface area (TPSA) is 66.9 Å². The summed E-state index contributed by atoms with van der Waals surface area (Å²) in [4.78, 5) is 31.2. The maximum Gasteiger partial charge on any atom is 0.282 e. The van der Waals surface area contributed by atoms with Crippen molar-refractivity contribution in [3.63, 3.8) is 0 Å². The molecule has 0 saturated carbocycles. The molecule has 2 N–H and O–H groups in total. The second kappa shape index (κ2) is 8.42. The summed E-state index contributed by atoms with van der Waals surface area (Å²) in [5, 5.41) is 1.00. The zero-order chi connectivity index (χ0) is 22.3. The molecule has 1 atom stereocenters. The largest absolute Gasteiger partial charge is 0.322 e. The number of aromatic nitrogens is 2. The highest BCUT2D eigenvalue weighted by molar-refractivity contribution is 7.71. The van der Waals surface area contributed by atoms with Crippen molar-refractivity contribution >= 4 is 51.3 Å². The van der Waals surface area contributed by atoms with Crippen LogP contribution in [-0.2, 0) is 4.79 Å². The van der Waals surface area contributed by atoms with Gasteiger partial charge in [0, 0.05) is 15.5 Å². The summed E-state index contributed by atoms with van der Waals surface area (Å²) in [7, 11) is 0. The summed E-state index contributed by atoms with van der Waals surface area (Å²) in [5.41, 5.74) is 5.79. The van der Waals surface area contributed by atoms with Crippen LogP contribution in [0.3, 0.4) is 0 Å². The van der Waals surface area contributed by atoms with Crippen molar-refractivity contribution in [3.8, 4) is 11.1 Å². The average molecular weight is 470 g/mol. The maximum atomic E-state index is 13.4. The first-order chi connectivity index (χ1) is 14.8. The molecule has 4 aromatic rings. The van der Waals surface area contributed by atoms with Gasteiger partial charge in [0.05, 0.1) is 11.3 Å². The van der Waals surface area contributed by atoms with Gasteiger partial charge in [-0.25, -0.2) is 0 Å². The van der Waals surface area contributed by atoms with E-state index in [4.69, 9.17) is 23.8 Å². The molecular formula is C23H20ClN3O2S2. The fraction of sp³-hybridized carbons (Fsp3) is 0.174. The Labute approximate surface area is 193 Å². The van der Waals surface area contributed by atoms with Crippen molar-refractivity contribution in [1.29, 1.82) is 0 Å². The standard InChI is InChI=1S/C23H20ClN3O2S2/c1-12-9-10-17(24)16(11-12)13(2)20(28)26-27-22(29)19-18(15-7-5-4-6-8-15)14(3)31-21(19)25-23(27)30/h4-11,13H,1-3H3,(H,25,30)(H,26,28)/t13-/m1/s1. The minimum absolute atomic E-state index is 0.134. The predicted molar refractivity (Wildman–Crippen MR) is 130 cm³/mol. The Balaban J connectivity index is 1.80. The van der Waals surface area contributed by atoms with Gasteiger partial charge in [-0.15, -0.1) is 11.3 Å². The number of aromatic amines is 1. The van der Waals surface area contributed by atoms with Crippen LogP contribution in [0.25, 0.3) is 21.3 Å². The molecule has 158 valence electrons. The van der Waals surface area contributed by atoms with Crippen LogP contribution in [0.1, 0.15) is 28.8 Å². The smallest absolute Gasteiger partial charge is 0.282 e. The summed E-state index contributed by atoms with van der Waals surface area (Å²) in [6.45, 7) is 5.65. The van der Waals surface area contributed by atoms with Crippen LogP contribution in [0.4, 0.5) is 0 Å². The van der Waals surface area contributed by atoms with E-state index in [1.807, 2.05) is 56.3 Å². The Morgan fingerprint density at radius 1 is 1.19 bits per heavy atom. The summed E-state index contributed by atoms with van der Waals surface area (Å²) >= 11 is 13.1. The van der Waals surface area contributed by atoms with Crippen molar-refractivity contribution in [1.82, 2.24) is 9.66 Å². The van der Waals surface area contributed by atoms with Gasteiger partial charge < -0.3 is 4.98 Å². The van der Waals surface area contributed by atoms with E-state index in [-0.39, 0.29) is 16.2 Å². The zero-order valence-electron chi connectivity index (χ0n) is 17.2. The molecule has 0 bridgehead atoms. The third kappa shape index (κ3) is 3.96. The normalized spacial score (nSPS) is 12.1. The number of aryl methyl sites for hydroxylation is 2. The fourth-order valence-corrected chi connectivity index (χ4v) is 5.23. The zero-order valence-corrected chi connectivity index (χ0v) is 19.5. The molecule has 0 aliphatic rings. The van der Waals surface area contributed by atoms with E-state index in [0.717, 1.165) is 26.2 Å². The first-order valence-corrected chi connectivity index (χ1v) is 11.3. The van der Waals surface area contributed by atoms with Gasteiger partial charge in [-0.1, -0.05) is 59.6 Å². The van der Waals surface area contributed by atoms with E-state index in [1.54, 1.807) is 13.0 Å². The molecule has 2 aromatic carbocycles. The number of fused-ring (bicyclic) bond motifs is 1. The van der Waals surface area contributed by atoms with Gasteiger partial charge in [0.2, 0.25) is 10.7 Å². The number of halogens is 1. The molecule has 1 amide bonds. The lowest BCUT2D eigenvalue weighted by atomic mass is 9.99. The predicted octanol–water partition coefficient (Wildman–Crippen LogP) is 5.93. The number of carbonyl (C=O) groups is 1. The van der Waals surface area contributed by atoms with Crippen molar-refractivity contribution in [2.45, 2.75) is 26.7 Å². The number of amides is 1. The molecule has 0 aliphatic heterocycles. The minimum Gasteiger partial charge on any atom is -0.322 e. The number of hydrogen-bond acceptors (Lipinski definition) is 4. The lowest BCUT2D eigenvalue weighted by Crippen LogP contribution is -2.36. The molecule has 0 aliphatic carbocycles. The van der Waals surface area contributed by atoms with Crippen LogP contribution in [0.15, 0.2) is 53.3 Å². The summed E-state index contributed by atoms with van der Waals surface area (Å²) in [6, 6.07) is 15.2. The van der Waals surface area contributed by atoms with Gasteiger partial charge in [-0.3, -0.25) is 15.0 Å². The number of H-pyrrole nitrogens is 1. The first-order valence-electron chi connectivity index (χ1n) is 9.68. The lowest BCUT2D eigenvalue weighted by molar-refractivity contribution is -0.118. The van der Waals surface area contributed by atoms with E-state index < -0.39 is 5.92 Å². The molecule has 4 rings (SSSR count). The summed E-state index contributed by atoms with van der Waals surface area (Å²) < 4.78 is 1.24. The Morgan fingerprint density at radius 2 is 1.90 bits per heavy atom. The maximum absolute atomic E-state index is 13.4. The molecule has 2 heterocycles. The van der Waals surface area contributed by atoms with Gasteiger partial charge in [0.15, 0.2) is 0 Å². The molecule has 8 heteroatoms. The van der Waals surface area contributed by atoms with Gasteiger partial charge in [-0.2, -0.15) is 4.68 Å². The number of nitrogens with zero attached hydrogens (tertiary/aromatic N) is 1.